The standard InChI is InChI=1S/C23H23FN4O3/c1-2-31-13-3-11-25-22(29)17-6-9-19-21(14-17)27(15-16-4-7-18(24)8-5-16)23(30)20-10-12-26-28(19)20/h4-10,12,14H,2-3,11,13,15H2,1H3,(H,25,29). The number of carbonyl (C=O) groups excluding carboxylic acids is 1. The smallest absolute Gasteiger partial charge is 0.277 e. The van der Waals surface area contributed by atoms with E-state index in [1.54, 1.807) is 51.7 Å². The number of hydrogen-bond acceptors (Lipinski definition) is 4. The maximum Gasteiger partial charge on any atom is 0.277 e. The summed E-state index contributed by atoms with van der Waals surface area (Å²) in [6.45, 7) is 3.90. The van der Waals surface area contributed by atoms with Gasteiger partial charge < -0.3 is 14.6 Å². The fraction of sp³-hybridized carbons (Fsp3) is 0.261. The lowest BCUT2D eigenvalue weighted by molar-refractivity contribution is 0.0944. The zero-order chi connectivity index (χ0) is 21.8. The maximum atomic E-state index is 13.3. The molecule has 2 aromatic heterocycles. The van der Waals surface area contributed by atoms with E-state index in [1.807, 2.05) is 6.92 Å². The van der Waals surface area contributed by atoms with Crippen molar-refractivity contribution in [1.29, 1.82) is 0 Å². The van der Waals surface area contributed by atoms with E-state index >= 15 is 0 Å². The van der Waals surface area contributed by atoms with Crippen molar-refractivity contribution in [2.75, 3.05) is 19.8 Å². The normalized spacial score (nSPS) is 11.3. The van der Waals surface area contributed by atoms with E-state index < -0.39 is 0 Å². The number of benzene rings is 2. The molecule has 8 heteroatoms. The minimum absolute atomic E-state index is 0.222. The van der Waals surface area contributed by atoms with Crippen molar-refractivity contribution >= 4 is 22.5 Å². The Kier molecular flexibility index (Phi) is 6.08. The number of rotatable bonds is 8. The molecule has 4 rings (SSSR count). The number of nitrogens with one attached hydrogen (secondary N) is 1. The Morgan fingerprint density at radius 3 is 2.68 bits per heavy atom. The molecule has 1 amide bonds. The first kappa shape index (κ1) is 20.7. The number of amides is 1. The molecule has 0 atom stereocenters. The van der Waals surface area contributed by atoms with Crippen molar-refractivity contribution in [2.45, 2.75) is 19.9 Å². The van der Waals surface area contributed by atoms with Gasteiger partial charge in [-0.15, -0.1) is 0 Å². The van der Waals surface area contributed by atoms with Crippen LogP contribution in [0.4, 0.5) is 4.39 Å². The average Bonchev–Trinajstić information content (AvgIpc) is 3.27. The minimum atomic E-state index is -0.338. The van der Waals surface area contributed by atoms with Crippen LogP contribution >= 0.6 is 0 Å². The van der Waals surface area contributed by atoms with Gasteiger partial charge >= 0.3 is 0 Å². The Bertz CT molecular complexity index is 1280. The summed E-state index contributed by atoms with van der Waals surface area (Å²) in [6.07, 6.45) is 2.29. The summed E-state index contributed by atoms with van der Waals surface area (Å²) >= 11 is 0. The quantitative estimate of drug-likeness (QED) is 0.443. The monoisotopic (exact) mass is 422 g/mol. The zero-order valence-electron chi connectivity index (χ0n) is 17.2. The Morgan fingerprint density at radius 1 is 1.10 bits per heavy atom. The summed E-state index contributed by atoms with van der Waals surface area (Å²) in [5.41, 5.74) is 2.70. The van der Waals surface area contributed by atoms with Gasteiger partial charge in [0.05, 0.1) is 23.8 Å². The first-order valence-electron chi connectivity index (χ1n) is 10.2. The molecule has 0 saturated carbocycles. The number of fused-ring (bicyclic) bond motifs is 3. The first-order valence-corrected chi connectivity index (χ1v) is 10.2. The SMILES string of the molecule is CCOCCCNC(=O)c1ccc2c(c1)n(Cc1ccc(F)cc1)c(=O)c1ccnn12. The molecule has 31 heavy (non-hydrogen) atoms. The van der Waals surface area contributed by atoms with Crippen LogP contribution in [-0.2, 0) is 11.3 Å². The third-order valence-corrected chi connectivity index (χ3v) is 5.07. The average molecular weight is 422 g/mol. The van der Waals surface area contributed by atoms with Crippen LogP contribution in [-0.4, -0.2) is 39.8 Å². The van der Waals surface area contributed by atoms with Crippen LogP contribution in [0.2, 0.25) is 0 Å². The van der Waals surface area contributed by atoms with Gasteiger partial charge in [0.25, 0.3) is 11.5 Å². The predicted octanol–water partition coefficient (Wildman–Crippen LogP) is 2.99. The molecular weight excluding hydrogens is 399 g/mol. The van der Waals surface area contributed by atoms with Crippen LogP contribution in [0.15, 0.2) is 59.5 Å². The van der Waals surface area contributed by atoms with Crippen LogP contribution in [0, 0.1) is 5.82 Å². The molecule has 0 fully saturated rings. The van der Waals surface area contributed by atoms with E-state index in [4.69, 9.17) is 4.74 Å². The van der Waals surface area contributed by atoms with E-state index in [0.717, 1.165) is 12.0 Å². The van der Waals surface area contributed by atoms with Crippen molar-refractivity contribution < 1.29 is 13.9 Å². The second-order valence-corrected chi connectivity index (χ2v) is 7.16. The molecule has 0 radical (unpaired) electrons. The molecule has 0 saturated heterocycles. The van der Waals surface area contributed by atoms with E-state index in [2.05, 4.69) is 10.4 Å². The highest BCUT2D eigenvalue weighted by molar-refractivity contribution is 5.97. The van der Waals surface area contributed by atoms with Crippen molar-refractivity contribution in [2.24, 2.45) is 0 Å². The molecule has 4 aromatic rings. The van der Waals surface area contributed by atoms with Gasteiger partial charge in [0.2, 0.25) is 0 Å². The van der Waals surface area contributed by atoms with Crippen LogP contribution < -0.4 is 10.9 Å². The van der Waals surface area contributed by atoms with E-state index in [0.29, 0.717) is 41.9 Å². The lowest BCUT2D eigenvalue weighted by Crippen LogP contribution is -2.26. The maximum absolute atomic E-state index is 13.3. The lowest BCUT2D eigenvalue weighted by Gasteiger charge is -2.14. The van der Waals surface area contributed by atoms with E-state index in [9.17, 15) is 14.0 Å². The highest BCUT2D eigenvalue weighted by Gasteiger charge is 2.15. The number of nitrogens with zero attached hydrogens (tertiary/aromatic N) is 3. The predicted molar refractivity (Wildman–Crippen MR) is 116 cm³/mol. The van der Waals surface area contributed by atoms with Gasteiger partial charge in [0.15, 0.2) is 0 Å². The molecule has 0 aliphatic carbocycles. The molecule has 0 spiro atoms. The van der Waals surface area contributed by atoms with Crippen molar-refractivity contribution in [3.05, 3.63) is 82.0 Å². The Labute approximate surface area is 178 Å². The number of halogens is 1. The first-order chi connectivity index (χ1) is 15.1. The summed E-state index contributed by atoms with van der Waals surface area (Å²) in [4.78, 5) is 25.8. The van der Waals surface area contributed by atoms with Gasteiger partial charge in [-0.1, -0.05) is 12.1 Å². The fourth-order valence-electron chi connectivity index (χ4n) is 3.52. The largest absolute Gasteiger partial charge is 0.382 e. The third-order valence-electron chi connectivity index (χ3n) is 5.07. The molecule has 0 aliphatic rings. The van der Waals surface area contributed by atoms with Crippen molar-refractivity contribution in [1.82, 2.24) is 19.5 Å². The highest BCUT2D eigenvalue weighted by Crippen LogP contribution is 2.18. The number of ether oxygens (including phenoxy) is 1. The van der Waals surface area contributed by atoms with Gasteiger partial charge in [-0.25, -0.2) is 8.91 Å². The molecule has 160 valence electrons. The van der Waals surface area contributed by atoms with Crippen LogP contribution in [0.1, 0.15) is 29.3 Å². The Balaban J connectivity index is 1.72. The summed E-state index contributed by atoms with van der Waals surface area (Å²) in [7, 11) is 0. The molecule has 0 aliphatic heterocycles. The molecule has 2 aromatic carbocycles. The van der Waals surface area contributed by atoms with Gasteiger partial charge in [-0.05, 0) is 55.3 Å². The topological polar surface area (TPSA) is 77.6 Å². The lowest BCUT2D eigenvalue weighted by atomic mass is 10.1. The number of carbonyl (C=O) groups is 1. The number of aromatic nitrogens is 3. The Morgan fingerprint density at radius 2 is 1.90 bits per heavy atom. The summed E-state index contributed by atoms with van der Waals surface area (Å²) in [5, 5.41) is 7.13. The summed E-state index contributed by atoms with van der Waals surface area (Å²) in [6, 6.07) is 12.9. The minimum Gasteiger partial charge on any atom is -0.382 e. The van der Waals surface area contributed by atoms with Crippen molar-refractivity contribution in [3.8, 4) is 0 Å². The van der Waals surface area contributed by atoms with Gasteiger partial charge in [-0.3, -0.25) is 9.59 Å². The highest BCUT2D eigenvalue weighted by atomic mass is 19.1. The zero-order valence-corrected chi connectivity index (χ0v) is 17.2. The molecular formula is C23H23FN4O3. The molecule has 7 nitrogen and oxygen atoms in total. The van der Waals surface area contributed by atoms with Crippen molar-refractivity contribution in [3.63, 3.8) is 0 Å². The summed E-state index contributed by atoms with van der Waals surface area (Å²) in [5.74, 6) is -0.560. The second-order valence-electron chi connectivity index (χ2n) is 7.16. The van der Waals surface area contributed by atoms with Gasteiger partial charge in [0, 0.05) is 25.3 Å². The number of hydrogen-bond donors (Lipinski definition) is 1. The third kappa shape index (κ3) is 4.34. The molecule has 0 unspecified atom stereocenters. The van der Waals surface area contributed by atoms with Crippen LogP contribution in [0.25, 0.3) is 16.6 Å². The fourth-order valence-corrected chi connectivity index (χ4v) is 3.52. The molecule has 1 N–H and O–H groups in total. The van der Waals surface area contributed by atoms with Gasteiger partial charge in [0.1, 0.15) is 11.3 Å². The summed E-state index contributed by atoms with van der Waals surface area (Å²) < 4.78 is 21.7. The van der Waals surface area contributed by atoms with Crippen LogP contribution in [0.5, 0.6) is 0 Å². The second kappa shape index (κ2) is 9.09. The van der Waals surface area contributed by atoms with Gasteiger partial charge in [-0.2, -0.15) is 5.10 Å². The Hall–Kier alpha value is -3.52. The molecule has 0 bridgehead atoms. The molecule has 2 heterocycles. The van der Waals surface area contributed by atoms with E-state index in [1.165, 1.54) is 12.1 Å². The van der Waals surface area contributed by atoms with E-state index in [-0.39, 0.29) is 23.8 Å². The van der Waals surface area contributed by atoms with Crippen LogP contribution in [0.3, 0.4) is 0 Å².